The van der Waals surface area contributed by atoms with Gasteiger partial charge in [-0.25, -0.2) is 9.89 Å². The average molecular weight is 315 g/mol. The Morgan fingerprint density at radius 2 is 2.09 bits per heavy atom. The molecule has 7 heteroatoms. The first-order valence-electron chi connectivity index (χ1n) is 7.64. The van der Waals surface area contributed by atoms with Crippen LogP contribution in [-0.4, -0.2) is 28.0 Å². The van der Waals surface area contributed by atoms with Gasteiger partial charge in [0.05, 0.1) is 12.8 Å². The van der Waals surface area contributed by atoms with Crippen molar-refractivity contribution in [2.24, 2.45) is 5.10 Å². The van der Waals surface area contributed by atoms with E-state index in [1.54, 1.807) is 13.1 Å². The highest BCUT2D eigenvalue weighted by Gasteiger charge is 2.00. The normalized spacial score (nSPS) is 10.9. The monoisotopic (exact) mass is 315 g/mol. The Balaban J connectivity index is 1.87. The van der Waals surface area contributed by atoms with E-state index < -0.39 is 5.69 Å². The molecule has 0 saturated heterocycles. The van der Waals surface area contributed by atoms with E-state index in [9.17, 15) is 4.79 Å². The number of anilines is 1. The number of hydrogen-bond acceptors (Lipinski definition) is 6. The molecule has 0 fully saturated rings. The molecular weight excluding hydrogens is 294 g/mol. The molecule has 1 aromatic heterocycles. The maximum Gasteiger partial charge on any atom is 0.363 e. The fourth-order valence-electron chi connectivity index (χ4n) is 1.86. The Hall–Kier alpha value is -2.70. The highest BCUT2D eigenvalue weighted by atomic mass is 16.5. The highest BCUT2D eigenvalue weighted by molar-refractivity contribution is 5.80. The number of benzene rings is 1. The summed E-state index contributed by atoms with van der Waals surface area (Å²) < 4.78 is 5.65. The molecule has 2 rings (SSSR count). The second kappa shape index (κ2) is 8.67. The molecular formula is C16H21N5O2. The van der Waals surface area contributed by atoms with Crippen LogP contribution in [0.2, 0.25) is 0 Å². The zero-order chi connectivity index (χ0) is 16.5. The number of nitrogens with zero attached hydrogens (tertiary/aromatic N) is 3. The SMILES string of the molecule is CCCCCOc1ccc(C=NNc2nc(=O)[nH]nc2C)cc1. The number of aromatic amines is 1. The van der Waals surface area contributed by atoms with E-state index in [1.807, 2.05) is 24.3 Å². The smallest absolute Gasteiger partial charge is 0.363 e. The summed E-state index contributed by atoms with van der Waals surface area (Å²) in [6.07, 6.45) is 5.08. The molecule has 0 atom stereocenters. The average Bonchev–Trinajstić information content (AvgIpc) is 2.56. The Labute approximate surface area is 134 Å². The molecule has 23 heavy (non-hydrogen) atoms. The van der Waals surface area contributed by atoms with E-state index in [1.165, 1.54) is 12.8 Å². The highest BCUT2D eigenvalue weighted by Crippen LogP contribution is 2.12. The first-order valence-corrected chi connectivity index (χ1v) is 7.64. The minimum Gasteiger partial charge on any atom is -0.494 e. The molecule has 2 N–H and O–H groups in total. The predicted octanol–water partition coefficient (Wildman–Crippen LogP) is 2.49. The lowest BCUT2D eigenvalue weighted by Gasteiger charge is -2.05. The summed E-state index contributed by atoms with van der Waals surface area (Å²) in [5.41, 5.74) is 3.67. The Kier molecular flexibility index (Phi) is 6.28. The van der Waals surface area contributed by atoms with Crippen LogP contribution in [0.5, 0.6) is 5.75 Å². The molecule has 1 aromatic carbocycles. The van der Waals surface area contributed by atoms with Crippen LogP contribution in [0, 0.1) is 6.92 Å². The molecule has 0 amide bonds. The van der Waals surface area contributed by atoms with Crippen LogP contribution in [0.4, 0.5) is 5.82 Å². The summed E-state index contributed by atoms with van der Waals surface area (Å²) >= 11 is 0. The Bertz CT molecular complexity index is 694. The van der Waals surface area contributed by atoms with Gasteiger partial charge in [0, 0.05) is 0 Å². The molecule has 2 aromatic rings. The predicted molar refractivity (Wildman–Crippen MR) is 90.1 cm³/mol. The summed E-state index contributed by atoms with van der Waals surface area (Å²) in [5.74, 6) is 1.18. The van der Waals surface area contributed by atoms with E-state index in [2.05, 4.69) is 32.6 Å². The van der Waals surface area contributed by atoms with E-state index in [0.717, 1.165) is 24.3 Å². The van der Waals surface area contributed by atoms with Crippen LogP contribution >= 0.6 is 0 Å². The number of hydrazone groups is 1. The minimum atomic E-state index is -0.516. The minimum absolute atomic E-state index is 0.334. The molecule has 0 aliphatic heterocycles. The summed E-state index contributed by atoms with van der Waals surface area (Å²) in [5, 5.41) is 10.1. The van der Waals surface area contributed by atoms with Crippen molar-refractivity contribution in [3.05, 3.63) is 46.0 Å². The molecule has 0 saturated carbocycles. The van der Waals surface area contributed by atoms with Crippen LogP contribution in [0.3, 0.4) is 0 Å². The van der Waals surface area contributed by atoms with Gasteiger partial charge in [-0.05, 0) is 43.2 Å². The van der Waals surface area contributed by atoms with Gasteiger partial charge < -0.3 is 4.74 Å². The van der Waals surface area contributed by atoms with Crippen LogP contribution in [0.1, 0.15) is 37.4 Å². The maximum absolute atomic E-state index is 11.1. The number of H-pyrrole nitrogens is 1. The van der Waals surface area contributed by atoms with Crippen LogP contribution in [0.25, 0.3) is 0 Å². The largest absolute Gasteiger partial charge is 0.494 e. The van der Waals surface area contributed by atoms with Crippen molar-refractivity contribution in [3.63, 3.8) is 0 Å². The number of rotatable bonds is 8. The van der Waals surface area contributed by atoms with Crippen LogP contribution in [0.15, 0.2) is 34.2 Å². The van der Waals surface area contributed by atoms with Gasteiger partial charge in [0.1, 0.15) is 11.4 Å². The molecule has 0 radical (unpaired) electrons. The van der Waals surface area contributed by atoms with Gasteiger partial charge in [-0.15, -0.1) is 0 Å². The Morgan fingerprint density at radius 1 is 1.30 bits per heavy atom. The van der Waals surface area contributed by atoms with E-state index in [0.29, 0.717) is 11.5 Å². The molecule has 7 nitrogen and oxygen atoms in total. The van der Waals surface area contributed by atoms with Gasteiger partial charge >= 0.3 is 5.69 Å². The summed E-state index contributed by atoms with van der Waals surface area (Å²) in [6.45, 7) is 4.63. The van der Waals surface area contributed by atoms with Gasteiger partial charge in [0.15, 0.2) is 5.82 Å². The summed E-state index contributed by atoms with van der Waals surface area (Å²) in [4.78, 5) is 14.9. The molecule has 0 spiro atoms. The second-order valence-electron chi connectivity index (χ2n) is 5.07. The van der Waals surface area contributed by atoms with E-state index in [4.69, 9.17) is 4.74 Å². The first kappa shape index (κ1) is 16.7. The van der Waals surface area contributed by atoms with Crippen molar-refractivity contribution in [1.29, 1.82) is 0 Å². The lowest BCUT2D eigenvalue weighted by molar-refractivity contribution is 0.306. The van der Waals surface area contributed by atoms with Crippen LogP contribution < -0.4 is 15.9 Å². The lowest BCUT2D eigenvalue weighted by Crippen LogP contribution is -2.15. The fraction of sp³-hybridized carbons (Fsp3) is 0.375. The quantitative estimate of drug-likeness (QED) is 0.443. The Morgan fingerprint density at radius 3 is 2.83 bits per heavy atom. The molecule has 0 aliphatic rings. The van der Waals surface area contributed by atoms with Gasteiger partial charge in [-0.2, -0.15) is 15.2 Å². The van der Waals surface area contributed by atoms with Crippen molar-refractivity contribution < 1.29 is 4.74 Å². The van der Waals surface area contributed by atoms with Crippen LogP contribution in [-0.2, 0) is 0 Å². The van der Waals surface area contributed by atoms with E-state index in [-0.39, 0.29) is 0 Å². The third-order valence-electron chi connectivity index (χ3n) is 3.16. The third kappa shape index (κ3) is 5.54. The van der Waals surface area contributed by atoms with Crippen molar-refractivity contribution in [2.75, 3.05) is 12.0 Å². The molecule has 0 bridgehead atoms. The van der Waals surface area contributed by atoms with Crippen molar-refractivity contribution in [1.82, 2.24) is 15.2 Å². The number of unbranched alkanes of at least 4 members (excludes halogenated alkanes) is 2. The summed E-state index contributed by atoms with van der Waals surface area (Å²) in [7, 11) is 0. The standard InChI is InChI=1S/C16H21N5O2/c1-3-4-5-10-23-14-8-6-13(7-9-14)11-17-20-15-12(2)19-21-16(22)18-15/h6-9,11H,3-5,10H2,1-2H3,(H2,18,20,21,22). The number of ether oxygens (including phenoxy) is 1. The zero-order valence-corrected chi connectivity index (χ0v) is 13.4. The fourth-order valence-corrected chi connectivity index (χ4v) is 1.86. The number of hydrogen-bond donors (Lipinski definition) is 2. The lowest BCUT2D eigenvalue weighted by atomic mass is 10.2. The molecule has 0 aliphatic carbocycles. The van der Waals surface area contributed by atoms with Crippen molar-refractivity contribution >= 4 is 12.0 Å². The van der Waals surface area contributed by atoms with Gasteiger partial charge in [0.25, 0.3) is 0 Å². The summed E-state index contributed by atoms with van der Waals surface area (Å²) in [6, 6.07) is 7.64. The zero-order valence-electron chi connectivity index (χ0n) is 13.4. The number of aryl methyl sites for hydroxylation is 1. The first-order chi connectivity index (χ1) is 11.2. The second-order valence-corrected chi connectivity index (χ2v) is 5.07. The topological polar surface area (TPSA) is 92.3 Å². The number of nitrogens with one attached hydrogen (secondary N) is 2. The molecule has 122 valence electrons. The van der Waals surface area contributed by atoms with Gasteiger partial charge in [-0.1, -0.05) is 19.8 Å². The molecule has 1 heterocycles. The van der Waals surface area contributed by atoms with Crippen molar-refractivity contribution in [3.8, 4) is 5.75 Å². The van der Waals surface area contributed by atoms with Gasteiger partial charge in [0.2, 0.25) is 0 Å². The van der Waals surface area contributed by atoms with Crippen molar-refractivity contribution in [2.45, 2.75) is 33.1 Å². The maximum atomic E-state index is 11.1. The van der Waals surface area contributed by atoms with E-state index >= 15 is 0 Å². The van der Waals surface area contributed by atoms with Gasteiger partial charge in [-0.3, -0.25) is 5.43 Å². The molecule has 0 unspecified atom stereocenters. The number of aromatic nitrogens is 3. The third-order valence-corrected chi connectivity index (χ3v) is 3.16.